The Labute approximate surface area is 102 Å². The van der Waals surface area contributed by atoms with E-state index in [1.807, 2.05) is 0 Å². The van der Waals surface area contributed by atoms with E-state index in [0.29, 0.717) is 6.42 Å². The Balaban J connectivity index is 2.02. The van der Waals surface area contributed by atoms with Crippen LogP contribution in [0.5, 0.6) is 0 Å². The second-order valence-electron chi connectivity index (χ2n) is 5.24. The standard InChI is InChI=1S/C14H19NO2/c1-2-10-9-11-12(17-10)5-3-7-14(11)8-4-6-13(16)15-14/h9H,2-8H2,1H3,(H,15,16). The van der Waals surface area contributed by atoms with Gasteiger partial charge in [-0.3, -0.25) is 4.79 Å². The third-order valence-electron chi connectivity index (χ3n) is 4.12. The summed E-state index contributed by atoms with van der Waals surface area (Å²) in [5.41, 5.74) is 1.15. The van der Waals surface area contributed by atoms with Crippen molar-refractivity contribution in [2.24, 2.45) is 0 Å². The lowest BCUT2D eigenvalue weighted by molar-refractivity contribution is -0.125. The molecule has 1 aromatic heterocycles. The van der Waals surface area contributed by atoms with Crippen molar-refractivity contribution in [1.82, 2.24) is 5.32 Å². The van der Waals surface area contributed by atoms with Gasteiger partial charge in [-0.25, -0.2) is 0 Å². The molecule has 2 heterocycles. The zero-order chi connectivity index (χ0) is 11.9. The molecule has 1 N–H and O–H groups in total. The van der Waals surface area contributed by atoms with Gasteiger partial charge in [-0.2, -0.15) is 0 Å². The fourth-order valence-electron chi connectivity index (χ4n) is 3.27. The molecule has 1 saturated heterocycles. The third-order valence-corrected chi connectivity index (χ3v) is 4.12. The van der Waals surface area contributed by atoms with Gasteiger partial charge in [-0.15, -0.1) is 0 Å². The highest BCUT2D eigenvalue weighted by molar-refractivity contribution is 5.78. The quantitative estimate of drug-likeness (QED) is 0.810. The minimum Gasteiger partial charge on any atom is -0.466 e. The van der Waals surface area contributed by atoms with E-state index in [9.17, 15) is 4.79 Å². The molecule has 1 aromatic rings. The average Bonchev–Trinajstić information content (AvgIpc) is 2.74. The molecule has 0 radical (unpaired) electrons. The maximum atomic E-state index is 11.7. The van der Waals surface area contributed by atoms with Gasteiger partial charge < -0.3 is 9.73 Å². The molecular formula is C14H19NO2. The Morgan fingerprint density at radius 2 is 2.12 bits per heavy atom. The van der Waals surface area contributed by atoms with Crippen molar-refractivity contribution >= 4 is 5.91 Å². The van der Waals surface area contributed by atoms with Gasteiger partial charge in [0.15, 0.2) is 0 Å². The Hall–Kier alpha value is -1.25. The fourth-order valence-corrected chi connectivity index (χ4v) is 3.27. The summed E-state index contributed by atoms with van der Waals surface area (Å²) in [5, 5.41) is 3.23. The van der Waals surface area contributed by atoms with Crippen LogP contribution in [0.15, 0.2) is 10.5 Å². The molecule has 3 rings (SSSR count). The van der Waals surface area contributed by atoms with Crippen molar-refractivity contribution in [2.45, 2.75) is 57.4 Å². The number of fused-ring (bicyclic) bond motifs is 2. The van der Waals surface area contributed by atoms with Crippen LogP contribution in [0.4, 0.5) is 0 Å². The number of carbonyl (C=O) groups is 1. The molecule has 1 spiro atoms. The predicted octanol–water partition coefficient (Wildman–Crippen LogP) is 2.67. The molecule has 1 amide bonds. The first-order chi connectivity index (χ1) is 8.23. The molecule has 1 fully saturated rings. The summed E-state index contributed by atoms with van der Waals surface area (Å²) in [5.74, 6) is 2.36. The number of hydrogen-bond acceptors (Lipinski definition) is 2. The van der Waals surface area contributed by atoms with E-state index in [4.69, 9.17) is 4.42 Å². The molecule has 1 aliphatic heterocycles. The number of piperidine rings is 1. The minimum atomic E-state index is -0.111. The second kappa shape index (κ2) is 3.90. The number of furan rings is 1. The molecule has 17 heavy (non-hydrogen) atoms. The second-order valence-corrected chi connectivity index (χ2v) is 5.24. The van der Waals surface area contributed by atoms with Crippen LogP contribution < -0.4 is 5.32 Å². The van der Waals surface area contributed by atoms with E-state index in [2.05, 4.69) is 18.3 Å². The highest BCUT2D eigenvalue weighted by Crippen LogP contribution is 2.42. The number of carbonyl (C=O) groups excluding carboxylic acids is 1. The topological polar surface area (TPSA) is 42.2 Å². The molecule has 3 nitrogen and oxygen atoms in total. The molecule has 0 bridgehead atoms. The van der Waals surface area contributed by atoms with Crippen molar-refractivity contribution in [3.63, 3.8) is 0 Å². The SMILES string of the molecule is CCc1cc2c(o1)CCCC21CCCC(=O)N1. The molecular weight excluding hydrogens is 214 g/mol. The summed E-state index contributed by atoms with van der Waals surface area (Å²) in [6.07, 6.45) is 6.87. The van der Waals surface area contributed by atoms with E-state index in [0.717, 1.165) is 50.0 Å². The van der Waals surface area contributed by atoms with Crippen LogP contribution in [0.2, 0.25) is 0 Å². The lowest BCUT2D eigenvalue weighted by atomic mass is 9.74. The molecule has 3 heteroatoms. The maximum Gasteiger partial charge on any atom is 0.220 e. The predicted molar refractivity (Wildman–Crippen MR) is 64.7 cm³/mol. The minimum absolute atomic E-state index is 0.111. The highest BCUT2D eigenvalue weighted by Gasteiger charge is 2.41. The van der Waals surface area contributed by atoms with Crippen LogP contribution in [0, 0.1) is 0 Å². The number of hydrogen-bond donors (Lipinski definition) is 1. The summed E-state index contributed by atoms with van der Waals surface area (Å²) in [6.45, 7) is 2.11. The Bertz CT molecular complexity index is 449. The van der Waals surface area contributed by atoms with Crippen LogP contribution in [-0.4, -0.2) is 5.91 Å². The normalized spacial score (nSPS) is 27.9. The van der Waals surface area contributed by atoms with Crippen molar-refractivity contribution in [2.75, 3.05) is 0 Å². The number of amides is 1. The summed E-state index contributed by atoms with van der Waals surface area (Å²) < 4.78 is 5.87. The van der Waals surface area contributed by atoms with Gasteiger partial charge in [0.25, 0.3) is 0 Å². The van der Waals surface area contributed by atoms with Crippen LogP contribution in [0.1, 0.15) is 56.1 Å². The van der Waals surface area contributed by atoms with E-state index in [-0.39, 0.29) is 11.4 Å². The van der Waals surface area contributed by atoms with Crippen molar-refractivity contribution in [3.8, 4) is 0 Å². The lowest BCUT2D eigenvalue weighted by Gasteiger charge is -2.40. The molecule has 0 saturated carbocycles. The van der Waals surface area contributed by atoms with E-state index in [1.165, 1.54) is 5.56 Å². The summed E-state index contributed by atoms with van der Waals surface area (Å²) >= 11 is 0. The van der Waals surface area contributed by atoms with E-state index >= 15 is 0 Å². The number of aryl methyl sites for hydroxylation is 2. The van der Waals surface area contributed by atoms with Crippen molar-refractivity contribution < 1.29 is 9.21 Å². The molecule has 0 aromatic carbocycles. The first-order valence-electron chi connectivity index (χ1n) is 6.66. The van der Waals surface area contributed by atoms with E-state index < -0.39 is 0 Å². The lowest BCUT2D eigenvalue weighted by Crippen LogP contribution is -2.50. The Kier molecular flexibility index (Phi) is 2.49. The smallest absolute Gasteiger partial charge is 0.220 e. The largest absolute Gasteiger partial charge is 0.466 e. The first kappa shape index (κ1) is 10.9. The molecule has 1 aliphatic carbocycles. The van der Waals surface area contributed by atoms with Crippen LogP contribution >= 0.6 is 0 Å². The van der Waals surface area contributed by atoms with E-state index in [1.54, 1.807) is 0 Å². The van der Waals surface area contributed by atoms with Gasteiger partial charge in [0.1, 0.15) is 11.5 Å². The average molecular weight is 233 g/mol. The van der Waals surface area contributed by atoms with Gasteiger partial charge in [0.05, 0.1) is 5.54 Å². The van der Waals surface area contributed by atoms with Gasteiger partial charge in [-0.1, -0.05) is 6.92 Å². The van der Waals surface area contributed by atoms with Gasteiger partial charge in [0.2, 0.25) is 5.91 Å². The first-order valence-corrected chi connectivity index (χ1v) is 6.66. The summed E-state index contributed by atoms with van der Waals surface area (Å²) in [6, 6.07) is 2.17. The van der Waals surface area contributed by atoms with Crippen molar-refractivity contribution in [1.29, 1.82) is 0 Å². The Morgan fingerprint density at radius 1 is 1.35 bits per heavy atom. The third kappa shape index (κ3) is 1.68. The molecule has 1 unspecified atom stereocenters. The molecule has 92 valence electrons. The van der Waals surface area contributed by atoms with Crippen LogP contribution in [-0.2, 0) is 23.2 Å². The monoisotopic (exact) mass is 233 g/mol. The van der Waals surface area contributed by atoms with Gasteiger partial charge >= 0.3 is 0 Å². The summed E-state index contributed by atoms with van der Waals surface area (Å²) in [7, 11) is 0. The van der Waals surface area contributed by atoms with Gasteiger partial charge in [-0.05, 0) is 31.7 Å². The number of rotatable bonds is 1. The maximum absolute atomic E-state index is 11.7. The highest BCUT2D eigenvalue weighted by atomic mass is 16.3. The van der Waals surface area contributed by atoms with Gasteiger partial charge in [0, 0.05) is 24.8 Å². The Morgan fingerprint density at radius 3 is 2.82 bits per heavy atom. The van der Waals surface area contributed by atoms with Crippen molar-refractivity contribution in [3.05, 3.63) is 23.2 Å². The zero-order valence-corrected chi connectivity index (χ0v) is 10.3. The fraction of sp³-hybridized carbons (Fsp3) is 0.643. The molecule has 2 aliphatic rings. The summed E-state index contributed by atoms with van der Waals surface area (Å²) in [4.78, 5) is 11.7. The number of nitrogens with one attached hydrogen (secondary N) is 1. The van der Waals surface area contributed by atoms with Crippen LogP contribution in [0.25, 0.3) is 0 Å². The zero-order valence-electron chi connectivity index (χ0n) is 10.3. The molecule has 1 atom stereocenters. The van der Waals surface area contributed by atoms with Crippen LogP contribution in [0.3, 0.4) is 0 Å².